The normalized spacial score (nSPS) is 15.2. The third-order valence-corrected chi connectivity index (χ3v) is 5.09. The molecule has 0 saturated heterocycles. The largest absolute Gasteiger partial charge is 0.387 e. The highest BCUT2D eigenvalue weighted by molar-refractivity contribution is 7.14. The third kappa shape index (κ3) is 3.21. The molecular formula is C17H19NO3S. The molecule has 4 nitrogen and oxygen atoms in total. The highest BCUT2D eigenvalue weighted by Gasteiger charge is 2.18. The first kappa shape index (κ1) is 15.2. The number of amides is 1. The van der Waals surface area contributed by atoms with E-state index in [1.807, 2.05) is 37.3 Å². The number of carbonyl (C=O) groups excluding carboxylic acids is 1. The monoisotopic (exact) mass is 317 g/mol. The number of benzene rings is 1. The van der Waals surface area contributed by atoms with E-state index in [0.29, 0.717) is 11.5 Å². The van der Waals surface area contributed by atoms with Crippen LogP contribution in [0.4, 0.5) is 0 Å². The summed E-state index contributed by atoms with van der Waals surface area (Å²) >= 11 is 1.52. The molecule has 1 aromatic heterocycles. The van der Waals surface area contributed by atoms with Crippen molar-refractivity contribution in [2.45, 2.75) is 26.1 Å². The maximum Gasteiger partial charge on any atom is 0.261 e. The molecule has 1 aromatic carbocycles. The van der Waals surface area contributed by atoms with E-state index < -0.39 is 6.10 Å². The second kappa shape index (κ2) is 6.60. The van der Waals surface area contributed by atoms with Gasteiger partial charge < -0.3 is 15.2 Å². The first-order valence-electron chi connectivity index (χ1n) is 7.36. The molecule has 1 atom stereocenters. The van der Waals surface area contributed by atoms with Crippen molar-refractivity contribution in [3.05, 3.63) is 56.8 Å². The molecule has 0 bridgehead atoms. The van der Waals surface area contributed by atoms with Crippen LogP contribution in [0.15, 0.2) is 30.3 Å². The second-order valence-electron chi connectivity index (χ2n) is 5.44. The van der Waals surface area contributed by atoms with Crippen molar-refractivity contribution in [3.8, 4) is 0 Å². The molecule has 1 amide bonds. The maximum absolute atomic E-state index is 12.2. The van der Waals surface area contributed by atoms with Crippen molar-refractivity contribution in [1.29, 1.82) is 0 Å². The molecule has 5 heteroatoms. The first-order chi connectivity index (χ1) is 10.6. The molecule has 1 aliphatic rings. The number of aliphatic hydroxyl groups excluding tert-OH is 1. The number of hydrogen-bond acceptors (Lipinski definition) is 4. The molecule has 2 N–H and O–H groups in total. The van der Waals surface area contributed by atoms with Gasteiger partial charge in [-0.05, 0) is 29.7 Å². The standard InChI is InChI=1S/C17H19NO3S/c1-11-4-2-3-5-13(11)14(19)9-18-17(20)16-8-12-10-21-7-6-15(12)22-16/h2-5,8,14,19H,6-7,9-10H2,1H3,(H,18,20). The van der Waals surface area contributed by atoms with Gasteiger partial charge in [0.05, 0.1) is 24.2 Å². The van der Waals surface area contributed by atoms with E-state index in [9.17, 15) is 9.90 Å². The summed E-state index contributed by atoms with van der Waals surface area (Å²) in [5.74, 6) is -0.132. The maximum atomic E-state index is 12.2. The van der Waals surface area contributed by atoms with Gasteiger partial charge in [-0.1, -0.05) is 24.3 Å². The van der Waals surface area contributed by atoms with Crippen LogP contribution >= 0.6 is 11.3 Å². The topological polar surface area (TPSA) is 58.6 Å². The molecule has 22 heavy (non-hydrogen) atoms. The van der Waals surface area contributed by atoms with Crippen LogP contribution in [0.1, 0.15) is 37.3 Å². The van der Waals surface area contributed by atoms with Gasteiger partial charge in [-0.15, -0.1) is 11.3 Å². The molecule has 1 aliphatic heterocycles. The molecule has 0 radical (unpaired) electrons. The van der Waals surface area contributed by atoms with Crippen LogP contribution in [0.5, 0.6) is 0 Å². The summed E-state index contributed by atoms with van der Waals surface area (Å²) in [6.45, 7) is 3.47. The Morgan fingerprint density at radius 3 is 3.05 bits per heavy atom. The quantitative estimate of drug-likeness (QED) is 0.911. The number of aliphatic hydroxyl groups is 1. The Balaban J connectivity index is 1.62. The molecule has 3 rings (SSSR count). The smallest absolute Gasteiger partial charge is 0.261 e. The number of nitrogens with one attached hydrogen (secondary N) is 1. The molecule has 2 heterocycles. The predicted molar refractivity (Wildman–Crippen MR) is 86.2 cm³/mol. The Kier molecular flexibility index (Phi) is 4.57. The van der Waals surface area contributed by atoms with Crippen LogP contribution in [0.3, 0.4) is 0 Å². The van der Waals surface area contributed by atoms with Gasteiger partial charge in [0.2, 0.25) is 0 Å². The highest BCUT2D eigenvalue weighted by Crippen LogP contribution is 2.27. The Labute approximate surface area is 133 Å². The lowest BCUT2D eigenvalue weighted by molar-refractivity contribution is 0.0919. The summed E-state index contributed by atoms with van der Waals surface area (Å²) in [7, 11) is 0. The fraction of sp³-hybridized carbons (Fsp3) is 0.353. The van der Waals surface area contributed by atoms with E-state index in [1.165, 1.54) is 16.2 Å². The first-order valence-corrected chi connectivity index (χ1v) is 8.18. The van der Waals surface area contributed by atoms with Crippen LogP contribution < -0.4 is 5.32 Å². The van der Waals surface area contributed by atoms with E-state index >= 15 is 0 Å². The van der Waals surface area contributed by atoms with Crippen LogP contribution in [-0.2, 0) is 17.8 Å². The number of thiophene rings is 1. The third-order valence-electron chi connectivity index (χ3n) is 3.85. The Morgan fingerprint density at radius 1 is 1.45 bits per heavy atom. The van der Waals surface area contributed by atoms with E-state index in [2.05, 4.69) is 5.32 Å². The van der Waals surface area contributed by atoms with Crippen molar-refractivity contribution < 1.29 is 14.6 Å². The van der Waals surface area contributed by atoms with Crippen molar-refractivity contribution in [2.24, 2.45) is 0 Å². The van der Waals surface area contributed by atoms with Gasteiger partial charge in [0.1, 0.15) is 0 Å². The number of fused-ring (bicyclic) bond motifs is 1. The zero-order chi connectivity index (χ0) is 15.5. The van der Waals surface area contributed by atoms with Gasteiger partial charge in [0.15, 0.2) is 0 Å². The lowest BCUT2D eigenvalue weighted by Crippen LogP contribution is -2.28. The summed E-state index contributed by atoms with van der Waals surface area (Å²) in [4.78, 5) is 14.2. The van der Waals surface area contributed by atoms with E-state index in [1.54, 1.807) is 0 Å². The molecule has 0 fully saturated rings. The number of carbonyl (C=O) groups is 1. The van der Waals surface area contributed by atoms with Gasteiger partial charge in [-0.25, -0.2) is 0 Å². The number of rotatable bonds is 4. The van der Waals surface area contributed by atoms with E-state index in [0.717, 1.165) is 29.7 Å². The minimum absolute atomic E-state index is 0.132. The minimum atomic E-state index is -0.692. The minimum Gasteiger partial charge on any atom is -0.387 e. The SMILES string of the molecule is Cc1ccccc1C(O)CNC(=O)c1cc2c(s1)CCOC2. The predicted octanol–water partition coefficient (Wildman–Crippen LogP) is 2.59. The molecule has 2 aromatic rings. The van der Waals surface area contributed by atoms with Crippen LogP contribution in [0.25, 0.3) is 0 Å². The van der Waals surface area contributed by atoms with Crippen LogP contribution in [0.2, 0.25) is 0 Å². The number of ether oxygens (including phenoxy) is 1. The van der Waals surface area contributed by atoms with Gasteiger partial charge in [-0.2, -0.15) is 0 Å². The van der Waals surface area contributed by atoms with E-state index in [4.69, 9.17) is 4.74 Å². The summed E-state index contributed by atoms with van der Waals surface area (Å²) in [6, 6.07) is 9.55. The van der Waals surface area contributed by atoms with Crippen molar-refractivity contribution in [2.75, 3.05) is 13.2 Å². The summed E-state index contributed by atoms with van der Waals surface area (Å²) < 4.78 is 5.39. The lowest BCUT2D eigenvalue weighted by atomic mass is 10.0. The molecule has 1 unspecified atom stereocenters. The van der Waals surface area contributed by atoms with Gasteiger partial charge in [-0.3, -0.25) is 4.79 Å². The van der Waals surface area contributed by atoms with Crippen LogP contribution in [0, 0.1) is 6.92 Å². The fourth-order valence-corrected chi connectivity index (χ4v) is 3.67. The van der Waals surface area contributed by atoms with E-state index in [-0.39, 0.29) is 12.5 Å². The molecule has 116 valence electrons. The second-order valence-corrected chi connectivity index (χ2v) is 6.58. The molecule has 0 aliphatic carbocycles. The molecular weight excluding hydrogens is 298 g/mol. The number of aryl methyl sites for hydroxylation is 1. The van der Waals surface area contributed by atoms with Gasteiger partial charge in [0, 0.05) is 17.8 Å². The highest BCUT2D eigenvalue weighted by atomic mass is 32.1. The lowest BCUT2D eigenvalue weighted by Gasteiger charge is -2.14. The van der Waals surface area contributed by atoms with Crippen LogP contribution in [-0.4, -0.2) is 24.2 Å². The average molecular weight is 317 g/mol. The van der Waals surface area contributed by atoms with Gasteiger partial charge >= 0.3 is 0 Å². The summed E-state index contributed by atoms with van der Waals surface area (Å²) in [5.41, 5.74) is 2.98. The van der Waals surface area contributed by atoms with Gasteiger partial charge in [0.25, 0.3) is 5.91 Å². The summed E-state index contributed by atoms with van der Waals surface area (Å²) in [5, 5.41) is 13.0. The number of hydrogen-bond donors (Lipinski definition) is 2. The van der Waals surface area contributed by atoms with Crippen molar-refractivity contribution in [3.63, 3.8) is 0 Å². The zero-order valence-corrected chi connectivity index (χ0v) is 13.3. The van der Waals surface area contributed by atoms with Crippen molar-refractivity contribution >= 4 is 17.2 Å². The fourth-order valence-electron chi connectivity index (χ4n) is 2.61. The summed E-state index contributed by atoms with van der Waals surface area (Å²) in [6.07, 6.45) is 0.183. The Hall–Kier alpha value is -1.69. The zero-order valence-electron chi connectivity index (χ0n) is 12.5. The average Bonchev–Trinajstić information content (AvgIpc) is 2.97. The Bertz CT molecular complexity index is 657. The molecule has 0 saturated carbocycles. The molecule has 0 spiro atoms. The Morgan fingerprint density at radius 2 is 2.27 bits per heavy atom. The van der Waals surface area contributed by atoms with Crippen molar-refractivity contribution in [1.82, 2.24) is 5.32 Å².